The van der Waals surface area contributed by atoms with Crippen molar-refractivity contribution in [1.82, 2.24) is 30.5 Å². The lowest BCUT2D eigenvalue weighted by molar-refractivity contribution is 0.629. The molecule has 0 fully saturated rings. The van der Waals surface area contributed by atoms with Gasteiger partial charge in [-0.1, -0.05) is 13.0 Å². The SMILES string of the molecule is CCNCc1cncc(-c2ccc3[nH]nc(-c4nc5ccc(F)cc5[nH]4)c3c2)c1C. The van der Waals surface area contributed by atoms with Crippen molar-refractivity contribution in [2.45, 2.75) is 20.4 Å². The van der Waals surface area contributed by atoms with Crippen LogP contribution >= 0.6 is 0 Å². The quantitative estimate of drug-likeness (QED) is 0.398. The maximum absolute atomic E-state index is 13.5. The number of hydrogen-bond acceptors (Lipinski definition) is 4. The Labute approximate surface area is 172 Å². The second-order valence-corrected chi connectivity index (χ2v) is 7.33. The van der Waals surface area contributed by atoms with Gasteiger partial charge >= 0.3 is 0 Å². The van der Waals surface area contributed by atoms with Gasteiger partial charge in [0.15, 0.2) is 5.82 Å². The van der Waals surface area contributed by atoms with Crippen LogP contribution in [0.1, 0.15) is 18.1 Å². The molecule has 0 aliphatic rings. The molecule has 0 bridgehead atoms. The van der Waals surface area contributed by atoms with Gasteiger partial charge in [0.05, 0.1) is 16.6 Å². The van der Waals surface area contributed by atoms with E-state index in [4.69, 9.17) is 0 Å². The molecule has 0 atom stereocenters. The zero-order valence-electron chi connectivity index (χ0n) is 16.8. The number of nitrogens with zero attached hydrogens (tertiary/aromatic N) is 3. The van der Waals surface area contributed by atoms with Gasteiger partial charge < -0.3 is 10.3 Å². The average Bonchev–Trinajstić information content (AvgIpc) is 3.35. The van der Waals surface area contributed by atoms with Crippen molar-refractivity contribution in [3.8, 4) is 22.6 Å². The van der Waals surface area contributed by atoms with Crippen LogP contribution in [0.4, 0.5) is 4.39 Å². The molecule has 5 rings (SSSR count). The minimum atomic E-state index is -0.299. The number of aromatic amines is 2. The fourth-order valence-corrected chi connectivity index (χ4v) is 3.75. The Balaban J connectivity index is 1.61. The molecule has 0 aliphatic carbocycles. The third kappa shape index (κ3) is 3.13. The van der Waals surface area contributed by atoms with E-state index in [0.29, 0.717) is 22.6 Å². The topological polar surface area (TPSA) is 82.3 Å². The lowest BCUT2D eigenvalue weighted by Crippen LogP contribution is -2.13. The van der Waals surface area contributed by atoms with E-state index in [0.717, 1.165) is 35.1 Å². The maximum Gasteiger partial charge on any atom is 0.159 e. The first-order valence-corrected chi connectivity index (χ1v) is 9.92. The number of fused-ring (bicyclic) bond motifs is 2. The Morgan fingerprint density at radius 1 is 1.07 bits per heavy atom. The zero-order valence-corrected chi connectivity index (χ0v) is 16.8. The summed E-state index contributed by atoms with van der Waals surface area (Å²) in [7, 11) is 0. The number of hydrogen-bond donors (Lipinski definition) is 3. The van der Waals surface area contributed by atoms with Crippen LogP contribution in [-0.4, -0.2) is 31.7 Å². The summed E-state index contributed by atoms with van der Waals surface area (Å²) in [5, 5.41) is 11.8. The summed E-state index contributed by atoms with van der Waals surface area (Å²) in [5.41, 5.74) is 7.51. The minimum absolute atomic E-state index is 0.299. The lowest BCUT2D eigenvalue weighted by Gasteiger charge is -2.11. The minimum Gasteiger partial charge on any atom is -0.336 e. The summed E-state index contributed by atoms with van der Waals surface area (Å²) in [6, 6.07) is 10.7. The van der Waals surface area contributed by atoms with E-state index in [9.17, 15) is 4.39 Å². The Morgan fingerprint density at radius 2 is 1.97 bits per heavy atom. The number of rotatable bonds is 5. The summed E-state index contributed by atoms with van der Waals surface area (Å²) < 4.78 is 13.5. The van der Waals surface area contributed by atoms with Crippen LogP contribution in [0.15, 0.2) is 48.8 Å². The summed E-state index contributed by atoms with van der Waals surface area (Å²) in [4.78, 5) is 12.2. The van der Waals surface area contributed by atoms with E-state index < -0.39 is 0 Å². The number of pyridine rings is 1. The van der Waals surface area contributed by atoms with Crippen LogP contribution in [0.5, 0.6) is 0 Å². The molecule has 5 aromatic rings. The highest BCUT2D eigenvalue weighted by molar-refractivity contribution is 5.95. The second kappa shape index (κ2) is 7.35. The maximum atomic E-state index is 13.5. The van der Waals surface area contributed by atoms with Crippen molar-refractivity contribution in [1.29, 1.82) is 0 Å². The molecule has 0 unspecified atom stereocenters. The molecular formula is C23H21FN6. The van der Waals surface area contributed by atoms with E-state index in [1.165, 1.54) is 23.3 Å². The molecule has 3 N–H and O–H groups in total. The Morgan fingerprint density at radius 3 is 2.83 bits per heavy atom. The van der Waals surface area contributed by atoms with Gasteiger partial charge in [-0.05, 0) is 60.5 Å². The third-order valence-corrected chi connectivity index (χ3v) is 5.43. The Kier molecular flexibility index (Phi) is 4.52. The summed E-state index contributed by atoms with van der Waals surface area (Å²) >= 11 is 0. The molecule has 0 spiro atoms. The van der Waals surface area contributed by atoms with Gasteiger partial charge in [0.25, 0.3) is 0 Å². The number of H-pyrrole nitrogens is 2. The molecule has 0 saturated carbocycles. The van der Waals surface area contributed by atoms with Crippen LogP contribution < -0.4 is 5.32 Å². The summed E-state index contributed by atoms with van der Waals surface area (Å²) in [5.74, 6) is 0.307. The van der Waals surface area contributed by atoms with Gasteiger partial charge in [-0.2, -0.15) is 5.10 Å². The summed E-state index contributed by atoms with van der Waals surface area (Å²) in [6.45, 7) is 5.92. The fourth-order valence-electron chi connectivity index (χ4n) is 3.75. The molecule has 30 heavy (non-hydrogen) atoms. The van der Waals surface area contributed by atoms with Gasteiger partial charge in [0.1, 0.15) is 11.5 Å². The average molecular weight is 400 g/mol. The largest absolute Gasteiger partial charge is 0.336 e. The first kappa shape index (κ1) is 18.4. The molecule has 150 valence electrons. The van der Waals surface area contributed by atoms with E-state index in [1.807, 2.05) is 18.5 Å². The van der Waals surface area contributed by atoms with Crippen molar-refractivity contribution in [2.75, 3.05) is 6.54 Å². The number of halogens is 1. The monoisotopic (exact) mass is 400 g/mol. The van der Waals surface area contributed by atoms with Crippen LogP contribution in [0.25, 0.3) is 44.6 Å². The highest BCUT2D eigenvalue weighted by atomic mass is 19.1. The van der Waals surface area contributed by atoms with Gasteiger partial charge in [-0.15, -0.1) is 0 Å². The molecule has 0 aliphatic heterocycles. The first-order chi connectivity index (χ1) is 14.6. The molecule has 6 nitrogen and oxygen atoms in total. The fraction of sp³-hybridized carbons (Fsp3) is 0.174. The third-order valence-electron chi connectivity index (χ3n) is 5.43. The van der Waals surface area contributed by atoms with Crippen LogP contribution in [0.2, 0.25) is 0 Å². The van der Waals surface area contributed by atoms with Gasteiger partial charge in [0.2, 0.25) is 0 Å². The molecule has 3 aromatic heterocycles. The van der Waals surface area contributed by atoms with Crippen molar-refractivity contribution in [3.05, 3.63) is 65.7 Å². The number of nitrogens with one attached hydrogen (secondary N) is 3. The zero-order chi connectivity index (χ0) is 20.7. The molecule has 0 radical (unpaired) electrons. The van der Waals surface area contributed by atoms with Crippen LogP contribution in [0, 0.1) is 12.7 Å². The normalized spacial score (nSPS) is 11.6. The molecule has 0 saturated heterocycles. The smallest absolute Gasteiger partial charge is 0.159 e. The van der Waals surface area contributed by atoms with E-state index in [2.05, 4.69) is 56.4 Å². The molecule has 2 aromatic carbocycles. The molecule has 7 heteroatoms. The van der Waals surface area contributed by atoms with Crippen molar-refractivity contribution in [2.24, 2.45) is 0 Å². The van der Waals surface area contributed by atoms with E-state index in [-0.39, 0.29) is 5.82 Å². The van der Waals surface area contributed by atoms with Gasteiger partial charge in [0, 0.05) is 29.9 Å². The predicted octanol–water partition coefficient (Wildman–Crippen LogP) is 4.73. The highest BCUT2D eigenvalue weighted by Crippen LogP contribution is 2.32. The van der Waals surface area contributed by atoms with E-state index >= 15 is 0 Å². The van der Waals surface area contributed by atoms with E-state index in [1.54, 1.807) is 6.07 Å². The van der Waals surface area contributed by atoms with Crippen LogP contribution in [-0.2, 0) is 6.54 Å². The number of imidazole rings is 1. The Hall–Kier alpha value is -3.58. The number of aromatic nitrogens is 5. The van der Waals surface area contributed by atoms with Crippen molar-refractivity contribution < 1.29 is 4.39 Å². The lowest BCUT2D eigenvalue weighted by atomic mass is 9.98. The molecular weight excluding hydrogens is 379 g/mol. The number of benzene rings is 2. The molecule has 3 heterocycles. The van der Waals surface area contributed by atoms with Gasteiger partial charge in [-0.25, -0.2) is 9.37 Å². The van der Waals surface area contributed by atoms with Gasteiger partial charge in [-0.3, -0.25) is 10.1 Å². The first-order valence-electron chi connectivity index (χ1n) is 9.92. The predicted molar refractivity (Wildman–Crippen MR) is 116 cm³/mol. The van der Waals surface area contributed by atoms with Crippen LogP contribution in [0.3, 0.4) is 0 Å². The Bertz CT molecular complexity index is 1370. The van der Waals surface area contributed by atoms with Crippen molar-refractivity contribution >= 4 is 21.9 Å². The second-order valence-electron chi connectivity index (χ2n) is 7.33. The summed E-state index contributed by atoms with van der Waals surface area (Å²) in [6.07, 6.45) is 3.81. The standard InChI is InChI=1S/C23H21FN6/c1-3-25-10-15-11-26-12-18(13(15)2)14-4-6-19-17(8-14)22(30-29-19)23-27-20-7-5-16(24)9-21(20)28-23/h4-9,11-12,25H,3,10H2,1-2H3,(H,27,28)(H,29,30). The van der Waals surface area contributed by atoms with Crippen molar-refractivity contribution in [3.63, 3.8) is 0 Å². The highest BCUT2D eigenvalue weighted by Gasteiger charge is 2.15. The molecule has 0 amide bonds.